The molecule has 1 atom stereocenters. The Bertz CT molecular complexity index is 421. The molecule has 1 unspecified atom stereocenters. The van der Waals surface area contributed by atoms with Crippen molar-refractivity contribution in [3.63, 3.8) is 0 Å². The van der Waals surface area contributed by atoms with Crippen LogP contribution in [0.15, 0.2) is 6.20 Å². The molecule has 6 heteroatoms. The molecule has 1 fully saturated rings. The molecule has 1 aromatic heterocycles. The van der Waals surface area contributed by atoms with E-state index in [-0.39, 0.29) is 11.5 Å². The zero-order valence-corrected chi connectivity index (χ0v) is 10.2. The van der Waals surface area contributed by atoms with Crippen molar-refractivity contribution in [3.05, 3.63) is 11.8 Å². The van der Waals surface area contributed by atoms with Gasteiger partial charge in [0.2, 0.25) is 0 Å². The topological polar surface area (TPSA) is 82.2 Å². The summed E-state index contributed by atoms with van der Waals surface area (Å²) >= 11 is 0. The van der Waals surface area contributed by atoms with Gasteiger partial charge in [-0.15, -0.1) is 0 Å². The van der Waals surface area contributed by atoms with E-state index in [1.807, 2.05) is 6.92 Å². The number of hydrogen-bond acceptors (Lipinski definition) is 4. The molecule has 2 heterocycles. The largest absolute Gasteiger partial charge is 0.383 e. The van der Waals surface area contributed by atoms with Crippen molar-refractivity contribution in [2.45, 2.75) is 25.4 Å². The van der Waals surface area contributed by atoms with Crippen LogP contribution in [0.3, 0.4) is 0 Å². The molecule has 1 saturated heterocycles. The second-order valence-electron chi connectivity index (χ2n) is 4.65. The zero-order chi connectivity index (χ0) is 12.5. The van der Waals surface area contributed by atoms with Gasteiger partial charge in [-0.25, -0.2) is 0 Å². The first-order chi connectivity index (χ1) is 8.02. The molecule has 94 valence electrons. The Morgan fingerprint density at radius 1 is 1.76 bits per heavy atom. The van der Waals surface area contributed by atoms with E-state index in [0.717, 1.165) is 19.4 Å². The highest BCUT2D eigenvalue weighted by Gasteiger charge is 2.30. The van der Waals surface area contributed by atoms with E-state index in [4.69, 9.17) is 10.5 Å². The maximum absolute atomic E-state index is 11.9. The Morgan fingerprint density at radius 3 is 3.06 bits per heavy atom. The van der Waals surface area contributed by atoms with Gasteiger partial charge < -0.3 is 15.8 Å². The van der Waals surface area contributed by atoms with Gasteiger partial charge >= 0.3 is 0 Å². The van der Waals surface area contributed by atoms with Crippen molar-refractivity contribution < 1.29 is 9.53 Å². The minimum atomic E-state index is -0.243. The Morgan fingerprint density at radius 2 is 2.53 bits per heavy atom. The number of anilines is 1. The number of rotatable bonds is 3. The predicted octanol–water partition coefficient (Wildman–Crippen LogP) is 0.301. The molecule has 1 aromatic rings. The van der Waals surface area contributed by atoms with Crippen LogP contribution in [0.4, 0.5) is 5.82 Å². The van der Waals surface area contributed by atoms with E-state index >= 15 is 0 Å². The lowest BCUT2D eigenvalue weighted by molar-refractivity contribution is 0.0206. The van der Waals surface area contributed by atoms with Crippen molar-refractivity contribution in [2.24, 2.45) is 7.05 Å². The third-order valence-corrected chi connectivity index (χ3v) is 3.15. The highest BCUT2D eigenvalue weighted by molar-refractivity contribution is 5.98. The van der Waals surface area contributed by atoms with Crippen LogP contribution in [0.5, 0.6) is 0 Å². The zero-order valence-electron chi connectivity index (χ0n) is 10.2. The third kappa shape index (κ3) is 2.41. The smallest absolute Gasteiger partial charge is 0.256 e. The first-order valence-electron chi connectivity index (χ1n) is 5.71. The number of nitrogen functional groups attached to an aromatic ring is 1. The molecule has 1 amide bonds. The van der Waals surface area contributed by atoms with Crippen molar-refractivity contribution in [2.75, 3.05) is 18.9 Å². The standard InChI is InChI=1S/C11H18N4O2/c1-11(4-3-5-17-11)7-13-10(16)8-6-14-15(2)9(8)12/h6H,3-5,7,12H2,1-2H3,(H,13,16). The summed E-state index contributed by atoms with van der Waals surface area (Å²) in [6, 6.07) is 0. The number of carbonyl (C=O) groups is 1. The van der Waals surface area contributed by atoms with E-state index in [1.54, 1.807) is 7.05 Å². The van der Waals surface area contributed by atoms with Crippen molar-refractivity contribution in [3.8, 4) is 0 Å². The van der Waals surface area contributed by atoms with E-state index in [9.17, 15) is 4.79 Å². The molecule has 6 nitrogen and oxygen atoms in total. The molecule has 0 bridgehead atoms. The number of nitrogens with two attached hydrogens (primary N) is 1. The first-order valence-corrected chi connectivity index (χ1v) is 5.71. The summed E-state index contributed by atoms with van der Waals surface area (Å²) in [7, 11) is 1.70. The molecule has 3 N–H and O–H groups in total. The molecule has 1 aliphatic heterocycles. The van der Waals surface area contributed by atoms with E-state index in [0.29, 0.717) is 17.9 Å². The van der Waals surface area contributed by atoms with Crippen LogP contribution in [0.2, 0.25) is 0 Å². The normalized spacial score (nSPS) is 23.9. The maximum Gasteiger partial charge on any atom is 0.256 e. The molecule has 0 radical (unpaired) electrons. The second kappa shape index (κ2) is 4.37. The van der Waals surface area contributed by atoms with Crippen molar-refractivity contribution in [1.82, 2.24) is 15.1 Å². The summed E-state index contributed by atoms with van der Waals surface area (Å²) < 4.78 is 7.07. The van der Waals surface area contributed by atoms with Gasteiger partial charge in [-0.3, -0.25) is 9.48 Å². The number of carbonyl (C=O) groups excluding carboxylic acids is 1. The summed E-state index contributed by atoms with van der Waals surface area (Å²) in [6.45, 7) is 3.27. The van der Waals surface area contributed by atoms with Crippen molar-refractivity contribution in [1.29, 1.82) is 0 Å². The molecule has 2 rings (SSSR count). The van der Waals surface area contributed by atoms with Gasteiger partial charge in [0.25, 0.3) is 5.91 Å². The quantitative estimate of drug-likeness (QED) is 0.793. The van der Waals surface area contributed by atoms with Crippen LogP contribution < -0.4 is 11.1 Å². The fraction of sp³-hybridized carbons (Fsp3) is 0.636. The summed E-state index contributed by atoms with van der Waals surface area (Å²) in [5, 5.41) is 6.77. The van der Waals surface area contributed by atoms with E-state index in [2.05, 4.69) is 10.4 Å². The molecule has 0 aromatic carbocycles. The van der Waals surface area contributed by atoms with Crippen LogP contribution >= 0.6 is 0 Å². The van der Waals surface area contributed by atoms with Crippen molar-refractivity contribution >= 4 is 11.7 Å². The minimum absolute atomic E-state index is 0.202. The monoisotopic (exact) mass is 238 g/mol. The highest BCUT2D eigenvalue weighted by Crippen LogP contribution is 2.24. The summed E-state index contributed by atoms with van der Waals surface area (Å²) in [6.07, 6.45) is 3.49. The average Bonchev–Trinajstić information content (AvgIpc) is 2.86. The molecule has 0 aliphatic carbocycles. The first kappa shape index (κ1) is 11.9. The van der Waals surface area contributed by atoms with Gasteiger partial charge in [-0.1, -0.05) is 0 Å². The minimum Gasteiger partial charge on any atom is -0.383 e. The van der Waals surface area contributed by atoms with Crippen LogP contribution in [0.1, 0.15) is 30.1 Å². The number of hydrogen-bond donors (Lipinski definition) is 2. The molecule has 17 heavy (non-hydrogen) atoms. The Balaban J connectivity index is 1.96. The Kier molecular flexibility index (Phi) is 3.06. The van der Waals surface area contributed by atoms with Crippen LogP contribution in [-0.4, -0.2) is 34.4 Å². The molecule has 0 spiro atoms. The number of amides is 1. The number of aromatic nitrogens is 2. The van der Waals surface area contributed by atoms with Gasteiger partial charge in [0.05, 0.1) is 11.8 Å². The lowest BCUT2D eigenvalue weighted by atomic mass is 10.0. The predicted molar refractivity (Wildman–Crippen MR) is 63.5 cm³/mol. The lowest BCUT2D eigenvalue weighted by Crippen LogP contribution is -2.40. The summed E-state index contributed by atoms with van der Waals surface area (Å²) in [4.78, 5) is 11.9. The fourth-order valence-corrected chi connectivity index (χ4v) is 1.96. The second-order valence-corrected chi connectivity index (χ2v) is 4.65. The summed E-state index contributed by atoms with van der Waals surface area (Å²) in [5.74, 6) is 0.173. The number of nitrogens with zero attached hydrogens (tertiary/aromatic N) is 2. The van der Waals surface area contributed by atoms with E-state index in [1.165, 1.54) is 10.9 Å². The Hall–Kier alpha value is -1.56. The van der Waals surface area contributed by atoms with Gasteiger partial charge in [0.1, 0.15) is 11.4 Å². The third-order valence-electron chi connectivity index (χ3n) is 3.15. The number of aryl methyl sites for hydroxylation is 1. The molecule has 0 saturated carbocycles. The van der Waals surface area contributed by atoms with Crippen LogP contribution in [0, 0.1) is 0 Å². The molecular formula is C11H18N4O2. The van der Waals surface area contributed by atoms with Gasteiger partial charge in [-0.05, 0) is 19.8 Å². The average molecular weight is 238 g/mol. The molecule has 1 aliphatic rings. The van der Waals surface area contributed by atoms with E-state index < -0.39 is 0 Å². The van der Waals surface area contributed by atoms with Gasteiger partial charge in [-0.2, -0.15) is 5.10 Å². The lowest BCUT2D eigenvalue weighted by Gasteiger charge is -2.23. The number of nitrogens with one attached hydrogen (secondary N) is 1. The molecular weight excluding hydrogens is 220 g/mol. The number of ether oxygens (including phenoxy) is 1. The Labute approximate surface area is 100 Å². The maximum atomic E-state index is 11.9. The summed E-state index contributed by atoms with van der Waals surface area (Å²) in [5.41, 5.74) is 5.90. The highest BCUT2D eigenvalue weighted by atomic mass is 16.5. The van der Waals surface area contributed by atoms with Crippen LogP contribution in [0.25, 0.3) is 0 Å². The SMILES string of the molecule is Cn1ncc(C(=O)NCC2(C)CCCO2)c1N. The van der Waals surface area contributed by atoms with Gasteiger partial charge in [0, 0.05) is 20.2 Å². The van der Waals surface area contributed by atoms with Crippen LogP contribution in [-0.2, 0) is 11.8 Å². The van der Waals surface area contributed by atoms with Gasteiger partial charge in [0.15, 0.2) is 0 Å². The fourth-order valence-electron chi connectivity index (χ4n) is 1.96.